The lowest BCUT2D eigenvalue weighted by molar-refractivity contribution is -0.908. The smallest absolute Gasteiger partial charge is 0.295 e. The summed E-state index contributed by atoms with van der Waals surface area (Å²) in [5.74, 6) is -0.820. The topological polar surface area (TPSA) is 104 Å². The highest BCUT2D eigenvalue weighted by atomic mass is 16.5. The van der Waals surface area contributed by atoms with Crippen LogP contribution < -0.4 is 14.7 Å². The molecule has 0 spiro atoms. The molecular weight excluding hydrogens is 460 g/mol. The van der Waals surface area contributed by atoms with Crippen molar-refractivity contribution in [1.82, 2.24) is 4.90 Å². The molecule has 8 heteroatoms. The molecular formula is C28H34N2O6. The number of likely N-dealkylation sites (tertiary alicyclic amines) is 1. The first-order valence-corrected chi connectivity index (χ1v) is 12.5. The molecule has 1 unspecified atom stereocenters. The molecule has 2 saturated heterocycles. The van der Waals surface area contributed by atoms with E-state index >= 15 is 0 Å². The van der Waals surface area contributed by atoms with Crippen molar-refractivity contribution in [2.24, 2.45) is 5.92 Å². The summed E-state index contributed by atoms with van der Waals surface area (Å²) in [4.78, 5) is 29.1. The Morgan fingerprint density at radius 2 is 1.78 bits per heavy atom. The fraction of sp³-hybridized carbons (Fsp3) is 0.429. The van der Waals surface area contributed by atoms with Gasteiger partial charge in [0.2, 0.25) is 5.78 Å². The van der Waals surface area contributed by atoms with Crippen molar-refractivity contribution in [2.45, 2.75) is 26.3 Å². The van der Waals surface area contributed by atoms with Crippen LogP contribution in [0.15, 0.2) is 54.1 Å². The Morgan fingerprint density at radius 1 is 1.11 bits per heavy atom. The Hall–Kier alpha value is -3.36. The van der Waals surface area contributed by atoms with Gasteiger partial charge in [-0.2, -0.15) is 0 Å². The van der Waals surface area contributed by atoms with Crippen molar-refractivity contribution < 1.29 is 34.2 Å². The lowest BCUT2D eigenvalue weighted by Crippen LogP contribution is -3.14. The molecule has 1 atom stereocenters. The van der Waals surface area contributed by atoms with E-state index < -0.39 is 23.5 Å². The Labute approximate surface area is 211 Å². The maximum absolute atomic E-state index is 13.6. The number of phenolic OH excluding ortho intramolecular Hbond substituents is 1. The number of carbonyl (C=O) groups is 2. The number of quaternary nitrogens is 1. The Kier molecular flexibility index (Phi) is 8.28. The number of hydrogen-bond donors (Lipinski definition) is 2. The summed E-state index contributed by atoms with van der Waals surface area (Å²) >= 11 is 0. The molecule has 192 valence electrons. The van der Waals surface area contributed by atoms with Crippen LogP contribution in [-0.2, 0) is 14.3 Å². The maximum atomic E-state index is 13.6. The number of amides is 1. The Bertz CT molecular complexity index is 1090. The number of rotatable bonds is 9. The molecule has 2 N–H and O–H groups in total. The van der Waals surface area contributed by atoms with Crippen molar-refractivity contribution in [2.75, 3.05) is 46.0 Å². The monoisotopic (exact) mass is 494 g/mol. The molecule has 0 aromatic heterocycles. The summed E-state index contributed by atoms with van der Waals surface area (Å²) in [7, 11) is 0. The number of nitrogens with one attached hydrogen (secondary N) is 1. The van der Waals surface area contributed by atoms with Crippen LogP contribution in [0.25, 0.3) is 5.76 Å². The van der Waals surface area contributed by atoms with Gasteiger partial charge >= 0.3 is 0 Å². The van der Waals surface area contributed by atoms with E-state index in [4.69, 9.17) is 9.47 Å². The van der Waals surface area contributed by atoms with E-state index in [1.165, 1.54) is 21.9 Å². The van der Waals surface area contributed by atoms with E-state index in [1.807, 2.05) is 0 Å². The number of morpholine rings is 1. The van der Waals surface area contributed by atoms with Gasteiger partial charge in [0.15, 0.2) is 0 Å². The van der Waals surface area contributed by atoms with E-state index in [0.29, 0.717) is 42.4 Å². The third-order valence-electron chi connectivity index (χ3n) is 6.57. The molecule has 2 aliphatic rings. The minimum absolute atomic E-state index is 0.0553. The first kappa shape index (κ1) is 25.7. The molecule has 0 aliphatic carbocycles. The molecule has 0 radical (unpaired) electrons. The number of benzene rings is 2. The van der Waals surface area contributed by atoms with E-state index in [9.17, 15) is 19.8 Å². The van der Waals surface area contributed by atoms with Gasteiger partial charge in [-0.25, -0.2) is 0 Å². The van der Waals surface area contributed by atoms with Gasteiger partial charge in [-0.3, -0.25) is 9.59 Å². The van der Waals surface area contributed by atoms with E-state index in [2.05, 4.69) is 13.8 Å². The second kappa shape index (κ2) is 11.6. The molecule has 0 bridgehead atoms. The van der Waals surface area contributed by atoms with Crippen LogP contribution in [0, 0.1) is 5.92 Å². The SMILES string of the molecule is CC(C)COc1ccc(/C([O-])=C2\C(=O)C(=O)N(CCC[NH+]3CCOCC3)C2c2ccc(O)cc2)cc1. The van der Waals surface area contributed by atoms with Gasteiger partial charge in [0.25, 0.3) is 5.91 Å². The van der Waals surface area contributed by atoms with Crippen molar-refractivity contribution in [1.29, 1.82) is 0 Å². The number of hydrogen-bond acceptors (Lipinski definition) is 6. The van der Waals surface area contributed by atoms with Gasteiger partial charge in [-0.05, 0) is 41.3 Å². The van der Waals surface area contributed by atoms with E-state index in [1.54, 1.807) is 36.4 Å². The van der Waals surface area contributed by atoms with Gasteiger partial charge in [0.05, 0.1) is 32.4 Å². The van der Waals surface area contributed by atoms with Crippen LogP contribution in [0.2, 0.25) is 0 Å². The molecule has 8 nitrogen and oxygen atoms in total. The van der Waals surface area contributed by atoms with Crippen LogP contribution in [0.3, 0.4) is 0 Å². The number of Topliss-reactive ketones (excluding diaryl/α,β-unsaturated/α-hetero) is 1. The molecule has 36 heavy (non-hydrogen) atoms. The molecule has 2 aliphatic heterocycles. The summed E-state index contributed by atoms with van der Waals surface area (Å²) < 4.78 is 11.1. The third-order valence-corrected chi connectivity index (χ3v) is 6.57. The average molecular weight is 495 g/mol. The molecule has 2 heterocycles. The van der Waals surface area contributed by atoms with Gasteiger partial charge in [0, 0.05) is 18.5 Å². The van der Waals surface area contributed by atoms with E-state index in [-0.39, 0.29) is 11.3 Å². The predicted molar refractivity (Wildman–Crippen MR) is 132 cm³/mol. The van der Waals surface area contributed by atoms with E-state index in [0.717, 1.165) is 32.8 Å². The predicted octanol–water partition coefficient (Wildman–Crippen LogP) is 0.956. The highest BCUT2D eigenvalue weighted by Crippen LogP contribution is 2.39. The third kappa shape index (κ3) is 5.88. The zero-order chi connectivity index (χ0) is 25.7. The highest BCUT2D eigenvalue weighted by Gasteiger charge is 2.44. The van der Waals surface area contributed by atoms with Crippen molar-refractivity contribution in [3.8, 4) is 11.5 Å². The lowest BCUT2D eigenvalue weighted by atomic mass is 9.95. The van der Waals surface area contributed by atoms with Crippen LogP contribution in [0.5, 0.6) is 11.5 Å². The van der Waals surface area contributed by atoms with Crippen molar-refractivity contribution >= 4 is 17.4 Å². The number of ether oxygens (including phenoxy) is 2. The Balaban J connectivity index is 1.61. The largest absolute Gasteiger partial charge is 0.872 e. The zero-order valence-electron chi connectivity index (χ0n) is 20.9. The summed E-state index contributed by atoms with van der Waals surface area (Å²) in [6.45, 7) is 9.15. The van der Waals surface area contributed by atoms with Crippen molar-refractivity contribution in [3.05, 3.63) is 65.2 Å². The minimum atomic E-state index is -0.797. The number of nitrogens with zero attached hydrogens (tertiary/aromatic N) is 1. The van der Waals surface area contributed by atoms with Gasteiger partial charge in [-0.1, -0.05) is 43.9 Å². The normalized spacial score (nSPS) is 20.3. The molecule has 0 saturated carbocycles. The average Bonchev–Trinajstić information content (AvgIpc) is 3.13. The van der Waals surface area contributed by atoms with Crippen LogP contribution in [0.4, 0.5) is 0 Å². The molecule has 2 aromatic carbocycles. The highest BCUT2D eigenvalue weighted by molar-refractivity contribution is 6.46. The first-order chi connectivity index (χ1) is 17.3. The number of ketones is 1. The number of phenols is 1. The van der Waals surface area contributed by atoms with Gasteiger partial charge in [0.1, 0.15) is 24.6 Å². The zero-order valence-corrected chi connectivity index (χ0v) is 20.9. The molecule has 1 amide bonds. The summed E-state index contributed by atoms with van der Waals surface area (Å²) in [5, 5.41) is 23.3. The summed E-state index contributed by atoms with van der Waals surface area (Å²) in [6.07, 6.45) is 0.701. The second-order valence-electron chi connectivity index (χ2n) is 9.76. The van der Waals surface area contributed by atoms with Crippen molar-refractivity contribution in [3.63, 3.8) is 0 Å². The van der Waals surface area contributed by atoms with Crippen LogP contribution >= 0.6 is 0 Å². The molecule has 4 rings (SSSR count). The lowest BCUT2D eigenvalue weighted by Gasteiger charge is -2.29. The standard InChI is InChI=1S/C28H34N2O6/c1-19(2)18-36-23-10-6-21(7-11-23)26(32)24-25(20-4-8-22(31)9-5-20)30(28(34)27(24)33)13-3-12-29-14-16-35-17-15-29/h4-11,19,25,31-32H,3,12-18H2,1-2H3/b26-24+. The maximum Gasteiger partial charge on any atom is 0.295 e. The molecule has 2 aromatic rings. The summed E-state index contributed by atoms with van der Waals surface area (Å²) in [6, 6.07) is 12.2. The second-order valence-corrected chi connectivity index (χ2v) is 9.76. The summed E-state index contributed by atoms with van der Waals surface area (Å²) in [5.41, 5.74) is 0.887. The van der Waals surface area contributed by atoms with Crippen LogP contribution in [-0.4, -0.2) is 67.7 Å². The van der Waals surface area contributed by atoms with Crippen LogP contribution in [0.1, 0.15) is 37.4 Å². The van der Waals surface area contributed by atoms with Gasteiger partial charge < -0.3 is 29.5 Å². The minimum Gasteiger partial charge on any atom is -0.872 e. The number of aromatic hydroxyl groups is 1. The van der Waals surface area contributed by atoms with Gasteiger partial charge in [-0.15, -0.1) is 0 Å². The molecule has 2 fully saturated rings. The Morgan fingerprint density at radius 3 is 2.42 bits per heavy atom. The number of carbonyl (C=O) groups excluding carboxylic acids is 2. The first-order valence-electron chi connectivity index (χ1n) is 12.5. The fourth-order valence-electron chi connectivity index (χ4n) is 4.63. The fourth-order valence-corrected chi connectivity index (χ4v) is 4.63. The quantitative estimate of drug-likeness (QED) is 0.306.